The van der Waals surface area contributed by atoms with Gasteiger partial charge >= 0.3 is 5.69 Å². The Morgan fingerprint density at radius 2 is 1.75 bits per heavy atom. The second kappa shape index (κ2) is 7.71. The average Bonchev–Trinajstić information content (AvgIpc) is 3.46. The smallest absolute Gasteiger partial charge is 0.311 e. The summed E-state index contributed by atoms with van der Waals surface area (Å²) in [6, 6.07) is 12.1. The summed E-state index contributed by atoms with van der Waals surface area (Å²) in [5.41, 5.74) is 2.07. The number of imide groups is 1. The molecule has 162 valence electrons. The van der Waals surface area contributed by atoms with Crippen molar-refractivity contribution in [2.45, 2.75) is 20.0 Å². The number of nitro groups is 1. The first-order valence-electron chi connectivity index (χ1n) is 10.5. The van der Waals surface area contributed by atoms with E-state index in [1.165, 1.54) is 18.3 Å². The molecule has 1 saturated heterocycles. The standard InChI is InChI=1S/C24H21N3O5/c1-14-5-7-15(8-6-14)13-32-22-18(3-2-4-19(22)27(30)31)12-25-26-23(28)20-16-9-10-17(11-16)21(20)24(26)29/h2-10,12,16-17,20-21H,11,13H2,1H3. The van der Waals surface area contributed by atoms with Crippen LogP contribution in [0.15, 0.2) is 59.7 Å². The van der Waals surface area contributed by atoms with Crippen molar-refractivity contribution in [1.29, 1.82) is 0 Å². The molecule has 1 aliphatic heterocycles. The van der Waals surface area contributed by atoms with Gasteiger partial charge in [0.15, 0.2) is 0 Å². The summed E-state index contributed by atoms with van der Waals surface area (Å²) in [4.78, 5) is 36.7. The summed E-state index contributed by atoms with van der Waals surface area (Å²) in [6.45, 7) is 2.10. The lowest BCUT2D eigenvalue weighted by Gasteiger charge is -2.13. The maximum absolute atomic E-state index is 12.8. The number of allylic oxidation sites excluding steroid dienone is 2. The molecule has 4 atom stereocenters. The van der Waals surface area contributed by atoms with Crippen LogP contribution >= 0.6 is 0 Å². The predicted molar refractivity (Wildman–Crippen MR) is 116 cm³/mol. The molecule has 2 aromatic carbocycles. The van der Waals surface area contributed by atoms with Crippen molar-refractivity contribution >= 4 is 23.7 Å². The number of carbonyl (C=O) groups is 2. The summed E-state index contributed by atoms with van der Waals surface area (Å²) in [5.74, 6) is -1.08. The normalized spacial score (nSPS) is 25.7. The molecule has 32 heavy (non-hydrogen) atoms. The molecular weight excluding hydrogens is 410 g/mol. The highest BCUT2D eigenvalue weighted by molar-refractivity contribution is 6.07. The van der Waals surface area contributed by atoms with Gasteiger partial charge in [-0.25, -0.2) is 0 Å². The minimum atomic E-state index is -0.526. The number of nitro benzene ring substituents is 1. The van der Waals surface area contributed by atoms with Crippen LogP contribution in [0.25, 0.3) is 0 Å². The molecule has 5 rings (SSSR count). The summed E-state index contributed by atoms with van der Waals surface area (Å²) in [7, 11) is 0. The van der Waals surface area contributed by atoms with E-state index in [4.69, 9.17) is 4.74 Å². The number of rotatable bonds is 6. The Morgan fingerprint density at radius 3 is 2.38 bits per heavy atom. The van der Waals surface area contributed by atoms with E-state index in [1.807, 2.05) is 43.3 Å². The number of aryl methyl sites for hydroxylation is 1. The third-order valence-corrected chi connectivity index (χ3v) is 6.48. The van der Waals surface area contributed by atoms with Crippen molar-refractivity contribution < 1.29 is 19.2 Å². The highest BCUT2D eigenvalue weighted by atomic mass is 16.6. The van der Waals surface area contributed by atoms with Crippen molar-refractivity contribution in [3.05, 3.63) is 81.4 Å². The molecule has 4 unspecified atom stereocenters. The quantitative estimate of drug-likeness (QED) is 0.229. The van der Waals surface area contributed by atoms with E-state index in [9.17, 15) is 19.7 Å². The average molecular weight is 431 g/mol. The number of hydrogen-bond acceptors (Lipinski definition) is 6. The van der Waals surface area contributed by atoms with Crippen molar-refractivity contribution in [1.82, 2.24) is 5.01 Å². The third kappa shape index (κ3) is 3.28. The monoisotopic (exact) mass is 431 g/mol. The second-order valence-electron chi connectivity index (χ2n) is 8.46. The van der Waals surface area contributed by atoms with Crippen molar-refractivity contribution in [3.8, 4) is 5.75 Å². The molecule has 8 nitrogen and oxygen atoms in total. The van der Waals surface area contributed by atoms with Gasteiger partial charge in [-0.2, -0.15) is 10.1 Å². The summed E-state index contributed by atoms with van der Waals surface area (Å²) < 4.78 is 5.81. The Bertz CT molecular complexity index is 1140. The number of benzene rings is 2. The van der Waals surface area contributed by atoms with Crippen LogP contribution in [0.3, 0.4) is 0 Å². The molecule has 0 N–H and O–H groups in total. The van der Waals surface area contributed by atoms with Crippen molar-refractivity contribution in [2.75, 3.05) is 0 Å². The van der Waals surface area contributed by atoms with Gasteiger partial charge in [-0.15, -0.1) is 0 Å². The van der Waals surface area contributed by atoms with E-state index in [1.54, 1.807) is 6.07 Å². The molecule has 2 aliphatic carbocycles. The molecule has 3 aliphatic rings. The maximum atomic E-state index is 12.8. The van der Waals surface area contributed by atoms with Crippen LogP contribution in [0, 0.1) is 40.7 Å². The van der Waals surface area contributed by atoms with Gasteiger partial charge < -0.3 is 4.74 Å². The maximum Gasteiger partial charge on any atom is 0.311 e. The van der Waals surface area contributed by atoms with E-state index in [0.717, 1.165) is 22.6 Å². The fourth-order valence-corrected chi connectivity index (χ4v) is 4.91. The number of nitrogens with zero attached hydrogens (tertiary/aromatic N) is 3. The SMILES string of the molecule is Cc1ccc(COc2c(C=NN3C(=O)C4C5C=CC(C5)C4C3=O)cccc2[N+](=O)[O-])cc1. The van der Waals surface area contributed by atoms with E-state index < -0.39 is 4.92 Å². The molecule has 2 bridgehead atoms. The van der Waals surface area contributed by atoms with Gasteiger partial charge in [0.25, 0.3) is 11.8 Å². The molecule has 2 amide bonds. The number of carbonyl (C=O) groups excluding carboxylic acids is 2. The van der Waals surface area contributed by atoms with Crippen LogP contribution < -0.4 is 4.74 Å². The molecule has 0 radical (unpaired) electrons. The number of amides is 2. The zero-order chi connectivity index (χ0) is 22.4. The van der Waals surface area contributed by atoms with E-state index >= 15 is 0 Å². The topological polar surface area (TPSA) is 102 Å². The lowest BCUT2D eigenvalue weighted by molar-refractivity contribution is -0.385. The minimum absolute atomic E-state index is 0.0443. The van der Waals surface area contributed by atoms with Gasteiger partial charge in [0.1, 0.15) is 6.61 Å². The van der Waals surface area contributed by atoms with Crippen LogP contribution in [0.4, 0.5) is 5.69 Å². The van der Waals surface area contributed by atoms with Crippen LogP contribution in [-0.2, 0) is 16.2 Å². The summed E-state index contributed by atoms with van der Waals surface area (Å²) >= 11 is 0. The lowest BCUT2D eigenvalue weighted by Crippen LogP contribution is -2.28. The number of hydrogen-bond donors (Lipinski definition) is 0. The van der Waals surface area contributed by atoms with Gasteiger partial charge in [-0.05, 0) is 36.8 Å². The van der Waals surface area contributed by atoms with Crippen LogP contribution in [-0.4, -0.2) is 28.0 Å². The lowest BCUT2D eigenvalue weighted by atomic mass is 9.85. The van der Waals surface area contributed by atoms with Gasteiger partial charge in [-0.1, -0.05) is 48.0 Å². The Morgan fingerprint density at radius 1 is 1.09 bits per heavy atom. The zero-order valence-corrected chi connectivity index (χ0v) is 17.4. The van der Waals surface area contributed by atoms with Gasteiger partial charge in [0.2, 0.25) is 5.75 Å². The zero-order valence-electron chi connectivity index (χ0n) is 17.4. The number of fused-ring (bicyclic) bond motifs is 5. The Hall–Kier alpha value is -3.81. The number of para-hydroxylation sites is 1. The Kier molecular flexibility index (Phi) is 4.84. The molecule has 8 heteroatoms. The highest BCUT2D eigenvalue weighted by Crippen LogP contribution is 2.52. The summed E-state index contributed by atoms with van der Waals surface area (Å²) in [5, 5.41) is 16.6. The summed E-state index contributed by atoms with van der Waals surface area (Å²) in [6.07, 6.45) is 6.17. The van der Waals surface area contributed by atoms with Crippen LogP contribution in [0.5, 0.6) is 5.75 Å². The number of hydrazone groups is 1. The Labute approximate surface area is 184 Å². The third-order valence-electron chi connectivity index (χ3n) is 6.48. The fraction of sp³-hybridized carbons (Fsp3) is 0.292. The van der Waals surface area contributed by atoms with Crippen molar-refractivity contribution in [3.63, 3.8) is 0 Å². The van der Waals surface area contributed by atoms with E-state index in [2.05, 4.69) is 5.10 Å². The molecule has 1 saturated carbocycles. The van der Waals surface area contributed by atoms with E-state index in [0.29, 0.717) is 5.56 Å². The first kappa shape index (κ1) is 20.1. The first-order chi connectivity index (χ1) is 15.4. The fourth-order valence-electron chi connectivity index (χ4n) is 4.91. The molecular formula is C24H21N3O5. The van der Waals surface area contributed by atoms with Crippen molar-refractivity contribution in [2.24, 2.45) is 28.8 Å². The molecule has 0 aromatic heterocycles. The highest BCUT2D eigenvalue weighted by Gasteiger charge is 2.59. The number of ether oxygens (including phenoxy) is 1. The molecule has 2 fully saturated rings. The Balaban J connectivity index is 1.41. The molecule has 2 aromatic rings. The van der Waals surface area contributed by atoms with E-state index in [-0.39, 0.29) is 53.5 Å². The predicted octanol–water partition coefficient (Wildman–Crippen LogP) is 3.62. The van der Waals surface area contributed by atoms with Crippen LogP contribution in [0.1, 0.15) is 23.1 Å². The molecule has 0 spiro atoms. The second-order valence-corrected chi connectivity index (χ2v) is 8.46. The van der Waals surface area contributed by atoms with Gasteiger partial charge in [-0.3, -0.25) is 19.7 Å². The first-order valence-corrected chi connectivity index (χ1v) is 10.5. The minimum Gasteiger partial charge on any atom is -0.481 e. The molecule has 1 heterocycles. The van der Waals surface area contributed by atoms with Crippen LogP contribution in [0.2, 0.25) is 0 Å². The largest absolute Gasteiger partial charge is 0.481 e. The van der Waals surface area contributed by atoms with Gasteiger partial charge in [0.05, 0.1) is 23.0 Å². The van der Waals surface area contributed by atoms with Gasteiger partial charge in [0, 0.05) is 11.6 Å².